The van der Waals surface area contributed by atoms with Crippen molar-refractivity contribution in [3.05, 3.63) is 95.8 Å². The van der Waals surface area contributed by atoms with Crippen LogP contribution in [0.1, 0.15) is 75.5 Å². The topological polar surface area (TPSA) is 176 Å². The summed E-state index contributed by atoms with van der Waals surface area (Å²) in [6.07, 6.45) is 6.42. The first-order valence-electron chi connectivity index (χ1n) is 16.9. The molecule has 270 valence electrons. The van der Waals surface area contributed by atoms with Gasteiger partial charge in [0, 0.05) is 37.4 Å². The molecule has 0 radical (unpaired) electrons. The van der Waals surface area contributed by atoms with Crippen LogP contribution in [0.4, 0.5) is 0 Å². The largest absolute Gasteiger partial charge is 0.469 e. The van der Waals surface area contributed by atoms with Crippen LogP contribution in [-0.2, 0) is 38.2 Å². The maximum absolute atomic E-state index is 13.9. The smallest absolute Gasteiger partial charge is 0.335 e. The molecule has 1 aliphatic rings. The fourth-order valence-electron chi connectivity index (χ4n) is 5.75. The number of benzene rings is 2. The Morgan fingerprint density at radius 2 is 1.61 bits per heavy atom. The first kappa shape index (κ1) is 38.4. The molecule has 0 bridgehead atoms. The predicted octanol–water partition coefficient (Wildman–Crippen LogP) is 4.21. The quantitative estimate of drug-likeness (QED) is 0.0646. The lowest BCUT2D eigenvalue weighted by Crippen LogP contribution is -2.63. The summed E-state index contributed by atoms with van der Waals surface area (Å²) in [7, 11) is 1.21. The minimum Gasteiger partial charge on any atom is -0.469 e. The molecule has 12 heteroatoms. The van der Waals surface area contributed by atoms with Gasteiger partial charge in [-0.1, -0.05) is 54.6 Å². The third-order valence-electron chi connectivity index (χ3n) is 8.38. The number of pyridine rings is 1. The number of hydrogen-bond donors (Lipinski definition) is 3. The Balaban J connectivity index is 1.48. The molecule has 1 aliphatic carbocycles. The molecule has 12 nitrogen and oxygen atoms in total. The van der Waals surface area contributed by atoms with Gasteiger partial charge in [-0.3, -0.25) is 19.4 Å². The minimum absolute atomic E-state index is 0.0732. The number of ether oxygens (including phenoxy) is 3. The van der Waals surface area contributed by atoms with Crippen molar-refractivity contribution in [2.45, 2.75) is 76.0 Å². The van der Waals surface area contributed by atoms with Gasteiger partial charge in [0.15, 0.2) is 5.54 Å². The molecule has 0 saturated carbocycles. The number of nitrogens with two attached hydrogens (primary N) is 1. The summed E-state index contributed by atoms with van der Waals surface area (Å²) >= 11 is 0. The van der Waals surface area contributed by atoms with Crippen molar-refractivity contribution in [2.24, 2.45) is 5.73 Å². The Morgan fingerprint density at radius 1 is 0.941 bits per heavy atom. The molecule has 1 aromatic heterocycles. The highest BCUT2D eigenvalue weighted by molar-refractivity contribution is 6.08. The molecule has 0 spiro atoms. The maximum Gasteiger partial charge on any atom is 0.335 e. The highest BCUT2D eigenvalue weighted by Crippen LogP contribution is 2.44. The summed E-state index contributed by atoms with van der Waals surface area (Å²) in [4.78, 5) is 69.3. The average Bonchev–Trinajstić information content (AvgIpc) is 3.43. The zero-order valence-electron chi connectivity index (χ0n) is 29.5. The van der Waals surface area contributed by atoms with Crippen LogP contribution in [0.3, 0.4) is 0 Å². The Kier molecular flexibility index (Phi) is 13.2. The van der Waals surface area contributed by atoms with Gasteiger partial charge >= 0.3 is 17.9 Å². The second-order valence-corrected chi connectivity index (χ2v) is 13.3. The number of nitrogens with one attached hydrogen (secondary N) is 2. The highest BCUT2D eigenvalue weighted by atomic mass is 16.6. The van der Waals surface area contributed by atoms with Gasteiger partial charge in [0.1, 0.15) is 18.2 Å². The van der Waals surface area contributed by atoms with Crippen molar-refractivity contribution in [2.75, 3.05) is 20.3 Å². The van der Waals surface area contributed by atoms with Crippen molar-refractivity contribution in [1.82, 2.24) is 15.6 Å². The van der Waals surface area contributed by atoms with Gasteiger partial charge in [0.2, 0.25) is 5.91 Å². The predicted molar refractivity (Wildman–Crippen MR) is 191 cm³/mol. The first-order valence-corrected chi connectivity index (χ1v) is 16.9. The number of unbranched alkanes of at least 4 members (excludes halogenated alkanes) is 1. The van der Waals surface area contributed by atoms with Gasteiger partial charge in [-0.2, -0.15) is 0 Å². The number of carbonyl (C=O) groups is 5. The van der Waals surface area contributed by atoms with E-state index in [0.717, 1.165) is 27.8 Å². The normalized spacial score (nSPS) is 14.1. The fourth-order valence-corrected chi connectivity index (χ4v) is 5.75. The summed E-state index contributed by atoms with van der Waals surface area (Å²) in [6, 6.07) is 18.0. The summed E-state index contributed by atoms with van der Waals surface area (Å²) in [5.41, 5.74) is 8.34. The minimum atomic E-state index is -2.21. The van der Waals surface area contributed by atoms with E-state index in [2.05, 4.69) is 15.6 Å². The summed E-state index contributed by atoms with van der Waals surface area (Å²) in [5, 5.41) is 5.33. The van der Waals surface area contributed by atoms with E-state index in [9.17, 15) is 24.0 Å². The van der Waals surface area contributed by atoms with Crippen LogP contribution in [0.15, 0.2) is 79.1 Å². The average molecular weight is 699 g/mol. The van der Waals surface area contributed by atoms with Gasteiger partial charge in [-0.25, -0.2) is 9.59 Å². The Bertz CT molecular complexity index is 1690. The molecule has 0 unspecified atom stereocenters. The van der Waals surface area contributed by atoms with Crippen LogP contribution < -0.4 is 16.4 Å². The Hall–Kier alpha value is -5.36. The molecule has 4 N–H and O–H groups in total. The second-order valence-electron chi connectivity index (χ2n) is 13.3. The number of methoxy groups -OCH3 is 1. The van der Waals surface area contributed by atoms with E-state index in [1.165, 1.54) is 13.2 Å². The fraction of sp³-hybridized carbons (Fsp3) is 0.385. The number of aromatic nitrogens is 1. The lowest BCUT2D eigenvalue weighted by atomic mass is 9.91. The molecule has 4 rings (SSSR count). The molecule has 0 fully saturated rings. The zero-order chi connectivity index (χ0) is 37.0. The standard InChI is InChI=1S/C39H46N4O8/c1-38(2,3)51-35(46)32(18-20-34(45)49-4)43-36(47)39(40,21-9-10-23-42-33(44)19-17-26-12-11-22-41-24-26)37(48)50-25-31-29-15-7-5-13-27(29)28-14-6-8-16-30(28)31/h5-8,11-17,19,22,24,31-32H,9-10,18,20-21,23,25,40H2,1-4H3,(H,42,44)(H,43,47)/b19-17+/t32-,39-/m0/s1. The summed E-state index contributed by atoms with van der Waals surface area (Å²) < 4.78 is 16.0. The number of nitrogens with zero attached hydrogens (tertiary/aromatic N) is 1. The van der Waals surface area contributed by atoms with Gasteiger partial charge in [-0.05, 0) is 86.4 Å². The third-order valence-corrected chi connectivity index (χ3v) is 8.38. The number of rotatable bonds is 16. The van der Waals surface area contributed by atoms with Crippen molar-refractivity contribution >= 4 is 35.8 Å². The van der Waals surface area contributed by atoms with Gasteiger partial charge < -0.3 is 30.6 Å². The van der Waals surface area contributed by atoms with Crippen molar-refractivity contribution < 1.29 is 38.2 Å². The highest BCUT2D eigenvalue weighted by Gasteiger charge is 2.45. The van der Waals surface area contributed by atoms with E-state index in [-0.39, 0.29) is 50.7 Å². The van der Waals surface area contributed by atoms with Crippen molar-refractivity contribution in [1.29, 1.82) is 0 Å². The van der Waals surface area contributed by atoms with E-state index in [4.69, 9.17) is 19.9 Å². The van der Waals surface area contributed by atoms with Crippen LogP contribution in [0.25, 0.3) is 17.2 Å². The molecule has 1 heterocycles. The Labute approximate surface area is 298 Å². The molecule has 2 atom stereocenters. The second kappa shape index (κ2) is 17.5. The third kappa shape index (κ3) is 10.6. The molecule has 2 amide bonds. The number of esters is 3. The SMILES string of the molecule is COC(=O)CC[C@H](NC(=O)[C@@](N)(CCCCNC(=O)/C=C/c1cccnc1)C(=O)OCC1c2ccccc2-c2ccccc21)C(=O)OC(C)(C)C. The van der Waals surface area contributed by atoms with Gasteiger partial charge in [0.25, 0.3) is 5.91 Å². The zero-order valence-corrected chi connectivity index (χ0v) is 29.5. The number of hydrogen-bond acceptors (Lipinski definition) is 10. The van der Waals surface area contributed by atoms with Crippen LogP contribution >= 0.6 is 0 Å². The number of fused-ring (bicyclic) bond motifs is 3. The van der Waals surface area contributed by atoms with E-state index in [0.29, 0.717) is 6.42 Å². The van der Waals surface area contributed by atoms with Crippen LogP contribution in [0.2, 0.25) is 0 Å². The van der Waals surface area contributed by atoms with E-state index in [1.54, 1.807) is 45.3 Å². The molecule has 51 heavy (non-hydrogen) atoms. The van der Waals surface area contributed by atoms with Gasteiger partial charge in [-0.15, -0.1) is 0 Å². The summed E-state index contributed by atoms with van der Waals surface area (Å²) in [5.74, 6) is -3.91. The molecule has 3 aromatic rings. The van der Waals surface area contributed by atoms with E-state index < -0.39 is 41.0 Å². The van der Waals surface area contributed by atoms with E-state index >= 15 is 0 Å². The molecular formula is C39H46N4O8. The van der Waals surface area contributed by atoms with Crippen LogP contribution in [0.5, 0.6) is 0 Å². The first-order chi connectivity index (χ1) is 24.3. The number of amides is 2. The van der Waals surface area contributed by atoms with Crippen LogP contribution in [-0.4, -0.2) is 72.1 Å². The monoisotopic (exact) mass is 698 g/mol. The summed E-state index contributed by atoms with van der Waals surface area (Å²) in [6.45, 7) is 5.18. The Morgan fingerprint density at radius 3 is 2.22 bits per heavy atom. The maximum atomic E-state index is 13.9. The number of carbonyl (C=O) groups excluding carboxylic acids is 5. The van der Waals surface area contributed by atoms with E-state index in [1.807, 2.05) is 54.6 Å². The lowest BCUT2D eigenvalue weighted by Gasteiger charge is -2.30. The molecular weight excluding hydrogens is 652 g/mol. The van der Waals surface area contributed by atoms with Crippen molar-refractivity contribution in [3.63, 3.8) is 0 Å². The lowest BCUT2D eigenvalue weighted by molar-refractivity contribution is -0.162. The van der Waals surface area contributed by atoms with Crippen molar-refractivity contribution in [3.8, 4) is 11.1 Å². The van der Waals surface area contributed by atoms with Crippen LogP contribution in [0, 0.1) is 0 Å². The van der Waals surface area contributed by atoms with Gasteiger partial charge in [0.05, 0.1) is 7.11 Å². The molecule has 0 aliphatic heterocycles. The molecule has 2 aromatic carbocycles. The molecule has 0 saturated heterocycles.